The molecule has 3 rings (SSSR count). The predicted molar refractivity (Wildman–Crippen MR) is 80.9 cm³/mol. The first-order valence-corrected chi connectivity index (χ1v) is 7.76. The lowest BCUT2D eigenvalue weighted by atomic mass is 9.97. The number of amides is 2. The molecule has 1 unspecified atom stereocenters. The molecular weight excluding hydrogens is 288 g/mol. The molecule has 1 atom stereocenters. The van der Waals surface area contributed by atoms with Gasteiger partial charge in [0.2, 0.25) is 11.8 Å². The van der Waals surface area contributed by atoms with Crippen molar-refractivity contribution in [2.75, 3.05) is 19.6 Å². The number of likely N-dealkylation sites (tertiary alicyclic amines) is 2. The van der Waals surface area contributed by atoms with Gasteiger partial charge in [0.05, 0.1) is 12.0 Å². The van der Waals surface area contributed by atoms with Crippen LogP contribution in [0.25, 0.3) is 0 Å². The zero-order valence-electron chi connectivity index (χ0n) is 12.1. The third kappa shape index (κ3) is 2.64. The molecule has 2 aliphatic heterocycles. The van der Waals surface area contributed by atoms with Crippen molar-refractivity contribution >= 4 is 23.4 Å². The van der Waals surface area contributed by atoms with Crippen molar-refractivity contribution in [2.24, 2.45) is 5.92 Å². The molecular formula is C16H19ClN2O2. The fraction of sp³-hybridized carbons (Fsp3) is 0.500. The van der Waals surface area contributed by atoms with Crippen LogP contribution >= 0.6 is 11.6 Å². The van der Waals surface area contributed by atoms with Gasteiger partial charge in [0.25, 0.3) is 0 Å². The predicted octanol–water partition coefficient (Wildman–Crippen LogP) is 2.48. The standard InChI is InChI=1S/C16H19ClN2O2/c1-11(20)18-9-12(10-18)16(21)19-8-4-7-15(19)13-5-2-3-6-14(13)17/h2-3,5-6,12,15H,4,7-10H2,1H3. The maximum absolute atomic E-state index is 12.6. The Morgan fingerprint density at radius 3 is 2.62 bits per heavy atom. The second-order valence-electron chi connectivity index (χ2n) is 5.83. The summed E-state index contributed by atoms with van der Waals surface area (Å²) in [5.41, 5.74) is 1.03. The van der Waals surface area contributed by atoms with Crippen molar-refractivity contribution in [3.05, 3.63) is 34.9 Å². The summed E-state index contributed by atoms with van der Waals surface area (Å²) in [4.78, 5) is 27.5. The molecule has 0 radical (unpaired) electrons. The van der Waals surface area contributed by atoms with Crippen molar-refractivity contribution in [3.63, 3.8) is 0 Å². The highest BCUT2D eigenvalue weighted by Crippen LogP contribution is 2.37. The highest BCUT2D eigenvalue weighted by Gasteiger charge is 2.40. The number of halogens is 1. The fourth-order valence-corrected chi connectivity index (χ4v) is 3.49. The zero-order valence-corrected chi connectivity index (χ0v) is 12.8. The Hall–Kier alpha value is -1.55. The van der Waals surface area contributed by atoms with Gasteiger partial charge in [-0.15, -0.1) is 0 Å². The first-order valence-electron chi connectivity index (χ1n) is 7.38. The minimum atomic E-state index is -0.0445. The van der Waals surface area contributed by atoms with Crippen LogP contribution in [-0.4, -0.2) is 41.2 Å². The molecule has 112 valence electrons. The second-order valence-corrected chi connectivity index (χ2v) is 6.24. The summed E-state index contributed by atoms with van der Waals surface area (Å²) < 4.78 is 0. The average Bonchev–Trinajstić information content (AvgIpc) is 2.85. The monoisotopic (exact) mass is 306 g/mol. The Morgan fingerprint density at radius 1 is 1.24 bits per heavy atom. The lowest BCUT2D eigenvalue weighted by molar-refractivity contribution is -0.148. The van der Waals surface area contributed by atoms with Gasteiger partial charge in [0, 0.05) is 31.6 Å². The summed E-state index contributed by atoms with van der Waals surface area (Å²) in [6, 6.07) is 7.82. The van der Waals surface area contributed by atoms with Gasteiger partial charge < -0.3 is 9.80 Å². The molecule has 0 N–H and O–H groups in total. The van der Waals surface area contributed by atoms with Gasteiger partial charge in [-0.2, -0.15) is 0 Å². The summed E-state index contributed by atoms with van der Waals surface area (Å²) >= 11 is 6.28. The van der Waals surface area contributed by atoms with E-state index in [0.717, 1.165) is 30.0 Å². The minimum absolute atomic E-state index is 0.0445. The molecule has 2 fully saturated rings. The Balaban J connectivity index is 1.72. The van der Waals surface area contributed by atoms with Crippen LogP contribution in [-0.2, 0) is 9.59 Å². The smallest absolute Gasteiger partial charge is 0.229 e. The number of benzene rings is 1. The van der Waals surface area contributed by atoms with E-state index in [9.17, 15) is 9.59 Å². The van der Waals surface area contributed by atoms with E-state index in [1.54, 1.807) is 11.8 Å². The first kappa shape index (κ1) is 14.4. The maximum Gasteiger partial charge on any atom is 0.229 e. The molecule has 4 nitrogen and oxygen atoms in total. The van der Waals surface area contributed by atoms with E-state index in [1.165, 1.54) is 0 Å². The summed E-state index contributed by atoms with van der Waals surface area (Å²) in [6.45, 7) is 3.44. The largest absolute Gasteiger partial charge is 0.341 e. The topological polar surface area (TPSA) is 40.6 Å². The van der Waals surface area contributed by atoms with Gasteiger partial charge in [0.15, 0.2) is 0 Å². The van der Waals surface area contributed by atoms with Crippen LogP contribution in [0.15, 0.2) is 24.3 Å². The Morgan fingerprint density at radius 2 is 1.95 bits per heavy atom. The van der Waals surface area contributed by atoms with Crippen LogP contribution in [0.5, 0.6) is 0 Å². The van der Waals surface area contributed by atoms with Gasteiger partial charge >= 0.3 is 0 Å². The van der Waals surface area contributed by atoms with E-state index in [2.05, 4.69) is 0 Å². The Bertz CT molecular complexity index is 569. The molecule has 0 spiro atoms. The molecule has 2 heterocycles. The lowest BCUT2D eigenvalue weighted by Gasteiger charge is -2.40. The Labute approximate surface area is 129 Å². The van der Waals surface area contributed by atoms with Crippen LogP contribution in [0, 0.1) is 5.92 Å². The van der Waals surface area contributed by atoms with E-state index in [0.29, 0.717) is 13.1 Å². The SMILES string of the molecule is CC(=O)N1CC(C(=O)N2CCCC2c2ccccc2Cl)C1. The third-order valence-corrected chi connectivity index (χ3v) is 4.82. The molecule has 0 aromatic heterocycles. The zero-order chi connectivity index (χ0) is 15.0. The average molecular weight is 307 g/mol. The van der Waals surface area contributed by atoms with Gasteiger partial charge in [-0.25, -0.2) is 0 Å². The lowest BCUT2D eigenvalue weighted by Crippen LogP contribution is -2.55. The molecule has 2 saturated heterocycles. The van der Waals surface area contributed by atoms with Crippen molar-refractivity contribution in [1.82, 2.24) is 9.80 Å². The number of carbonyl (C=O) groups is 2. The normalized spacial score (nSPS) is 22.3. The first-order chi connectivity index (χ1) is 10.1. The van der Waals surface area contributed by atoms with Gasteiger partial charge in [-0.1, -0.05) is 29.8 Å². The molecule has 21 heavy (non-hydrogen) atoms. The third-order valence-electron chi connectivity index (χ3n) is 4.48. The van der Waals surface area contributed by atoms with Crippen molar-refractivity contribution < 1.29 is 9.59 Å². The summed E-state index contributed by atoms with van der Waals surface area (Å²) in [5, 5.41) is 0.723. The van der Waals surface area contributed by atoms with E-state index in [-0.39, 0.29) is 23.8 Å². The number of hydrogen-bond donors (Lipinski definition) is 0. The molecule has 0 saturated carbocycles. The van der Waals surface area contributed by atoms with Crippen molar-refractivity contribution in [1.29, 1.82) is 0 Å². The highest BCUT2D eigenvalue weighted by molar-refractivity contribution is 6.31. The van der Waals surface area contributed by atoms with E-state index >= 15 is 0 Å². The van der Waals surface area contributed by atoms with Crippen LogP contribution < -0.4 is 0 Å². The molecule has 1 aromatic carbocycles. The van der Waals surface area contributed by atoms with Crippen LogP contribution in [0.4, 0.5) is 0 Å². The number of hydrogen-bond acceptors (Lipinski definition) is 2. The maximum atomic E-state index is 12.6. The highest BCUT2D eigenvalue weighted by atomic mass is 35.5. The van der Waals surface area contributed by atoms with E-state index < -0.39 is 0 Å². The number of rotatable bonds is 2. The molecule has 2 aliphatic rings. The quantitative estimate of drug-likeness (QED) is 0.842. The van der Waals surface area contributed by atoms with Gasteiger partial charge in [-0.3, -0.25) is 9.59 Å². The van der Waals surface area contributed by atoms with Crippen LogP contribution in [0.2, 0.25) is 5.02 Å². The number of carbonyl (C=O) groups excluding carboxylic acids is 2. The number of nitrogens with zero attached hydrogens (tertiary/aromatic N) is 2. The summed E-state index contributed by atoms with van der Waals surface area (Å²) in [6.07, 6.45) is 1.96. The molecule has 2 amide bonds. The summed E-state index contributed by atoms with van der Waals surface area (Å²) in [7, 11) is 0. The molecule has 0 bridgehead atoms. The van der Waals surface area contributed by atoms with Gasteiger partial charge in [-0.05, 0) is 24.5 Å². The molecule has 0 aliphatic carbocycles. The minimum Gasteiger partial charge on any atom is -0.341 e. The van der Waals surface area contributed by atoms with Gasteiger partial charge in [0.1, 0.15) is 0 Å². The molecule has 5 heteroatoms. The second kappa shape index (κ2) is 5.68. The van der Waals surface area contributed by atoms with E-state index in [1.807, 2.05) is 29.2 Å². The molecule has 1 aromatic rings. The fourth-order valence-electron chi connectivity index (χ4n) is 3.23. The van der Waals surface area contributed by atoms with Crippen molar-refractivity contribution in [3.8, 4) is 0 Å². The van der Waals surface area contributed by atoms with Crippen LogP contribution in [0.1, 0.15) is 31.4 Å². The Kier molecular flexibility index (Phi) is 3.89. The van der Waals surface area contributed by atoms with Crippen LogP contribution in [0.3, 0.4) is 0 Å². The van der Waals surface area contributed by atoms with E-state index in [4.69, 9.17) is 11.6 Å². The summed E-state index contributed by atoms with van der Waals surface area (Å²) in [5.74, 6) is 0.162. The van der Waals surface area contributed by atoms with Crippen molar-refractivity contribution in [2.45, 2.75) is 25.8 Å².